The van der Waals surface area contributed by atoms with Gasteiger partial charge in [0.15, 0.2) is 5.60 Å². The lowest BCUT2D eigenvalue weighted by atomic mass is 9.90. The normalized spacial score (nSPS) is 16.6. The molecule has 2 heterocycles. The van der Waals surface area contributed by atoms with Crippen molar-refractivity contribution in [1.82, 2.24) is 9.88 Å². The lowest BCUT2D eigenvalue weighted by molar-refractivity contribution is -0.149. The van der Waals surface area contributed by atoms with E-state index in [1.807, 2.05) is 0 Å². The van der Waals surface area contributed by atoms with Gasteiger partial charge in [0.05, 0.1) is 25.7 Å². The van der Waals surface area contributed by atoms with E-state index in [1.54, 1.807) is 39.1 Å². The highest BCUT2D eigenvalue weighted by atomic mass is 16.6. The van der Waals surface area contributed by atoms with E-state index in [4.69, 9.17) is 14.6 Å². The predicted molar refractivity (Wildman–Crippen MR) is 77.7 cm³/mol. The number of carbonyl (C=O) groups excluding carboxylic acids is 1. The topological polar surface area (TPSA) is 89.0 Å². The maximum Gasteiger partial charge on any atom is 0.410 e. The second-order valence-electron chi connectivity index (χ2n) is 6.38. The van der Waals surface area contributed by atoms with Crippen LogP contribution in [0.4, 0.5) is 4.79 Å². The number of carboxylic acid groups (broad SMARTS) is 1. The van der Waals surface area contributed by atoms with Crippen molar-refractivity contribution in [2.45, 2.75) is 38.4 Å². The van der Waals surface area contributed by atoms with Crippen molar-refractivity contribution >= 4 is 12.1 Å². The fraction of sp³-hybridized carbons (Fsp3) is 0.533. The standard InChI is InChI=1S/C15H20N2O5/c1-14(2,3)22-13(20)17-9-15(10-17,7-12(18)19)21-11-5-4-6-16-8-11/h4-6,8H,7,9-10H2,1-3H3,(H,18,19). The molecule has 0 unspecified atom stereocenters. The second-order valence-corrected chi connectivity index (χ2v) is 6.38. The molecule has 1 aliphatic heterocycles. The average Bonchev–Trinajstić information content (AvgIpc) is 2.33. The summed E-state index contributed by atoms with van der Waals surface area (Å²) < 4.78 is 11.0. The maximum absolute atomic E-state index is 12.0. The number of aromatic nitrogens is 1. The summed E-state index contributed by atoms with van der Waals surface area (Å²) in [6.07, 6.45) is 2.45. The molecule has 1 saturated heterocycles. The fourth-order valence-corrected chi connectivity index (χ4v) is 2.25. The molecule has 1 aliphatic rings. The van der Waals surface area contributed by atoms with E-state index in [9.17, 15) is 9.59 Å². The zero-order chi connectivity index (χ0) is 16.4. The van der Waals surface area contributed by atoms with Crippen molar-refractivity contribution in [2.24, 2.45) is 0 Å². The summed E-state index contributed by atoms with van der Waals surface area (Å²) in [5.74, 6) is -0.500. The minimum atomic E-state index is -0.979. The molecular weight excluding hydrogens is 288 g/mol. The summed E-state index contributed by atoms with van der Waals surface area (Å²) in [4.78, 5) is 28.4. The van der Waals surface area contributed by atoms with E-state index < -0.39 is 23.3 Å². The van der Waals surface area contributed by atoms with Crippen LogP contribution in [0, 0.1) is 0 Å². The molecule has 0 saturated carbocycles. The molecule has 0 spiro atoms. The van der Waals surface area contributed by atoms with E-state index in [-0.39, 0.29) is 19.5 Å². The lowest BCUT2D eigenvalue weighted by Gasteiger charge is -2.48. The molecule has 0 aliphatic carbocycles. The summed E-state index contributed by atoms with van der Waals surface area (Å²) in [5, 5.41) is 9.07. The summed E-state index contributed by atoms with van der Waals surface area (Å²) in [7, 11) is 0. The minimum Gasteiger partial charge on any atom is -0.481 e. The van der Waals surface area contributed by atoms with Crippen LogP contribution in [-0.4, -0.2) is 51.3 Å². The number of amides is 1. The van der Waals surface area contributed by atoms with Crippen LogP contribution in [0.15, 0.2) is 24.5 Å². The first kappa shape index (κ1) is 16.1. The van der Waals surface area contributed by atoms with Gasteiger partial charge in [0.2, 0.25) is 0 Å². The Bertz CT molecular complexity index is 547. The lowest BCUT2D eigenvalue weighted by Crippen LogP contribution is -2.67. The molecule has 1 fully saturated rings. The number of nitrogens with zero attached hydrogens (tertiary/aromatic N) is 2. The van der Waals surface area contributed by atoms with Crippen LogP contribution < -0.4 is 4.74 Å². The molecule has 0 radical (unpaired) electrons. The van der Waals surface area contributed by atoms with E-state index in [2.05, 4.69) is 4.98 Å². The molecule has 0 aromatic carbocycles. The average molecular weight is 308 g/mol. The van der Waals surface area contributed by atoms with E-state index in [0.29, 0.717) is 5.75 Å². The molecule has 1 amide bonds. The van der Waals surface area contributed by atoms with Gasteiger partial charge in [0, 0.05) is 6.20 Å². The van der Waals surface area contributed by atoms with Crippen molar-refractivity contribution in [1.29, 1.82) is 0 Å². The van der Waals surface area contributed by atoms with Crippen molar-refractivity contribution in [2.75, 3.05) is 13.1 Å². The molecule has 7 nitrogen and oxygen atoms in total. The molecule has 1 aromatic heterocycles. The van der Waals surface area contributed by atoms with Crippen molar-refractivity contribution in [3.63, 3.8) is 0 Å². The van der Waals surface area contributed by atoms with Crippen LogP contribution in [-0.2, 0) is 9.53 Å². The van der Waals surface area contributed by atoms with E-state index in [0.717, 1.165) is 0 Å². The molecular formula is C15H20N2O5. The Kier molecular flexibility index (Phi) is 4.25. The number of aliphatic carboxylic acids is 1. The number of carboxylic acids is 1. The van der Waals surface area contributed by atoms with Crippen molar-refractivity contribution in [3.05, 3.63) is 24.5 Å². The summed E-state index contributed by atoms with van der Waals surface area (Å²) in [5.41, 5.74) is -1.53. The van der Waals surface area contributed by atoms with Gasteiger partial charge in [-0.1, -0.05) is 0 Å². The SMILES string of the molecule is CC(C)(C)OC(=O)N1CC(CC(=O)O)(Oc2cccnc2)C1. The zero-order valence-electron chi connectivity index (χ0n) is 12.9. The number of carbonyl (C=O) groups is 2. The molecule has 7 heteroatoms. The van der Waals surface area contributed by atoms with Crippen molar-refractivity contribution < 1.29 is 24.2 Å². The molecule has 0 atom stereocenters. The Morgan fingerprint density at radius 2 is 2.09 bits per heavy atom. The predicted octanol–water partition coefficient (Wildman–Crippen LogP) is 1.92. The Balaban J connectivity index is 2.02. The van der Waals surface area contributed by atoms with Crippen LogP contribution in [0.25, 0.3) is 0 Å². The van der Waals surface area contributed by atoms with E-state index in [1.165, 1.54) is 11.1 Å². The number of ether oxygens (including phenoxy) is 2. The Labute approximate surface area is 128 Å². The van der Waals surface area contributed by atoms with Gasteiger partial charge in [-0.05, 0) is 32.9 Å². The van der Waals surface area contributed by atoms with Gasteiger partial charge in [-0.3, -0.25) is 14.7 Å². The number of hydrogen-bond acceptors (Lipinski definition) is 5. The van der Waals surface area contributed by atoms with Crippen LogP contribution in [0.1, 0.15) is 27.2 Å². The van der Waals surface area contributed by atoms with Crippen LogP contribution in [0.3, 0.4) is 0 Å². The van der Waals surface area contributed by atoms with Gasteiger partial charge in [0.1, 0.15) is 11.4 Å². The van der Waals surface area contributed by atoms with Crippen LogP contribution in [0.5, 0.6) is 5.75 Å². The highest BCUT2D eigenvalue weighted by Crippen LogP contribution is 2.31. The van der Waals surface area contributed by atoms with Gasteiger partial charge in [-0.15, -0.1) is 0 Å². The smallest absolute Gasteiger partial charge is 0.410 e. The van der Waals surface area contributed by atoms with Crippen molar-refractivity contribution in [3.8, 4) is 5.75 Å². The number of likely N-dealkylation sites (tertiary alicyclic amines) is 1. The number of pyridine rings is 1. The highest BCUT2D eigenvalue weighted by Gasteiger charge is 2.50. The third-order valence-corrected chi connectivity index (χ3v) is 3.05. The van der Waals surface area contributed by atoms with Gasteiger partial charge in [-0.2, -0.15) is 0 Å². The fourth-order valence-electron chi connectivity index (χ4n) is 2.25. The van der Waals surface area contributed by atoms with Gasteiger partial charge >= 0.3 is 12.1 Å². The number of rotatable bonds is 4. The third kappa shape index (κ3) is 4.09. The van der Waals surface area contributed by atoms with Crippen LogP contribution in [0.2, 0.25) is 0 Å². The third-order valence-electron chi connectivity index (χ3n) is 3.05. The first-order chi connectivity index (χ1) is 10.2. The van der Waals surface area contributed by atoms with Gasteiger partial charge in [-0.25, -0.2) is 4.79 Å². The molecule has 22 heavy (non-hydrogen) atoms. The minimum absolute atomic E-state index is 0.170. The first-order valence-electron chi connectivity index (χ1n) is 6.98. The largest absolute Gasteiger partial charge is 0.481 e. The monoisotopic (exact) mass is 308 g/mol. The van der Waals surface area contributed by atoms with Gasteiger partial charge in [0.25, 0.3) is 0 Å². The maximum atomic E-state index is 12.0. The Morgan fingerprint density at radius 3 is 2.59 bits per heavy atom. The molecule has 0 bridgehead atoms. The summed E-state index contributed by atoms with van der Waals surface area (Å²) in [6, 6.07) is 3.40. The molecule has 1 aromatic rings. The second kappa shape index (κ2) is 5.82. The molecule has 2 rings (SSSR count). The zero-order valence-corrected chi connectivity index (χ0v) is 12.9. The highest BCUT2D eigenvalue weighted by molar-refractivity contribution is 5.72. The Morgan fingerprint density at radius 1 is 1.41 bits per heavy atom. The summed E-state index contributed by atoms with van der Waals surface area (Å²) in [6.45, 7) is 5.68. The quantitative estimate of drug-likeness (QED) is 0.914. The van der Waals surface area contributed by atoms with E-state index >= 15 is 0 Å². The summed E-state index contributed by atoms with van der Waals surface area (Å²) >= 11 is 0. The number of hydrogen-bond donors (Lipinski definition) is 1. The molecule has 120 valence electrons. The first-order valence-corrected chi connectivity index (χ1v) is 6.98. The van der Waals surface area contributed by atoms with Crippen LogP contribution >= 0.6 is 0 Å². The Hall–Kier alpha value is -2.31. The molecule has 1 N–H and O–H groups in total. The van der Waals surface area contributed by atoms with Gasteiger partial charge < -0.3 is 14.6 Å².